The highest BCUT2D eigenvalue weighted by molar-refractivity contribution is 5.98. The van der Waals surface area contributed by atoms with E-state index in [1.54, 1.807) is 18.2 Å². The van der Waals surface area contributed by atoms with Crippen molar-refractivity contribution in [2.75, 3.05) is 5.73 Å². The third kappa shape index (κ3) is 4.41. The van der Waals surface area contributed by atoms with Crippen LogP contribution < -0.4 is 11.5 Å². The summed E-state index contributed by atoms with van der Waals surface area (Å²) >= 11 is 0. The zero-order valence-corrected chi connectivity index (χ0v) is 15.1. The molecule has 2 aromatic rings. The first kappa shape index (κ1) is 18.4. The van der Waals surface area contributed by atoms with Crippen LogP contribution in [-0.4, -0.2) is 23.4 Å². The fourth-order valence-corrected chi connectivity index (χ4v) is 3.13. The molecule has 3 rings (SSSR count). The predicted molar refractivity (Wildman–Crippen MR) is 109 cm³/mol. The van der Waals surface area contributed by atoms with Gasteiger partial charge >= 0.3 is 0 Å². The number of allylic oxidation sites excluding steroid dienone is 1. The van der Waals surface area contributed by atoms with Gasteiger partial charge in [-0.1, -0.05) is 30.3 Å². The van der Waals surface area contributed by atoms with Gasteiger partial charge < -0.3 is 16.4 Å². The molecule has 1 aliphatic rings. The average molecular weight is 361 g/mol. The number of carbonyl (C=O) groups excluding carboxylic acids is 1. The summed E-state index contributed by atoms with van der Waals surface area (Å²) in [5, 5.41) is 7.19. The monoisotopic (exact) mass is 361 g/mol. The Labute approximate surface area is 158 Å². The molecule has 0 radical (unpaired) electrons. The predicted octanol–water partition coefficient (Wildman–Crippen LogP) is 2.62. The van der Waals surface area contributed by atoms with Crippen molar-refractivity contribution in [2.24, 2.45) is 15.9 Å². The van der Waals surface area contributed by atoms with E-state index in [-0.39, 0.29) is 5.91 Å². The highest BCUT2D eigenvalue weighted by atomic mass is 16.2. The summed E-state index contributed by atoms with van der Waals surface area (Å²) in [6, 6.07) is 13.6. The Morgan fingerprint density at radius 2 is 1.89 bits per heavy atom. The third-order valence-electron chi connectivity index (χ3n) is 4.61. The molecule has 2 aromatic carbocycles. The number of nitrogen functional groups attached to an aromatic ring is 1. The van der Waals surface area contributed by atoms with Crippen molar-refractivity contribution in [3.63, 3.8) is 0 Å². The molecular weight excluding hydrogens is 338 g/mol. The minimum Gasteiger partial charge on any atom is -0.399 e. The van der Waals surface area contributed by atoms with Gasteiger partial charge in [0.05, 0.1) is 0 Å². The second-order valence-electron chi connectivity index (χ2n) is 6.44. The molecule has 0 unspecified atom stereocenters. The number of amidine groups is 1. The lowest BCUT2D eigenvalue weighted by Gasteiger charge is -2.12. The molecule has 6 heteroatoms. The number of nitrogens with two attached hydrogens (primary N) is 2. The van der Waals surface area contributed by atoms with Crippen molar-refractivity contribution in [2.45, 2.75) is 25.9 Å². The van der Waals surface area contributed by atoms with Crippen LogP contribution in [0.3, 0.4) is 0 Å². The van der Waals surface area contributed by atoms with Crippen LogP contribution in [0.2, 0.25) is 0 Å². The van der Waals surface area contributed by atoms with Gasteiger partial charge in [0.15, 0.2) is 5.84 Å². The molecule has 0 aliphatic carbocycles. The summed E-state index contributed by atoms with van der Waals surface area (Å²) < 4.78 is 0. The number of hydrogen-bond acceptors (Lipinski definition) is 4. The van der Waals surface area contributed by atoms with Gasteiger partial charge in [-0.3, -0.25) is 4.79 Å². The standard InChI is InChI=1S/C21H23N5O/c1-24-25-21(23)16-10-11-19(22)15(12-16)6-4-5-9-20(27)26-13-17-7-2-3-8-18(17)14-26/h2-3,5,7-12H,1,4,6,13-14,22H2,(H2,23,25)/b9-5+. The van der Waals surface area contributed by atoms with Crippen molar-refractivity contribution >= 4 is 24.1 Å². The van der Waals surface area contributed by atoms with Crippen molar-refractivity contribution in [3.8, 4) is 0 Å². The number of benzene rings is 2. The summed E-state index contributed by atoms with van der Waals surface area (Å²) in [7, 11) is 0. The molecule has 0 aromatic heterocycles. The molecule has 0 saturated heterocycles. The second-order valence-corrected chi connectivity index (χ2v) is 6.44. The van der Waals surface area contributed by atoms with Gasteiger partial charge in [-0.15, -0.1) is 5.10 Å². The largest absolute Gasteiger partial charge is 0.399 e. The Morgan fingerprint density at radius 1 is 1.19 bits per heavy atom. The number of nitrogens with zero attached hydrogens (tertiary/aromatic N) is 3. The molecule has 1 aliphatic heterocycles. The van der Waals surface area contributed by atoms with Crippen LogP contribution in [-0.2, 0) is 24.3 Å². The average Bonchev–Trinajstić information content (AvgIpc) is 3.11. The van der Waals surface area contributed by atoms with Gasteiger partial charge in [-0.05, 0) is 53.8 Å². The maximum Gasteiger partial charge on any atom is 0.246 e. The topological polar surface area (TPSA) is 97.1 Å². The highest BCUT2D eigenvalue weighted by Crippen LogP contribution is 2.22. The number of hydrogen-bond donors (Lipinski definition) is 2. The smallest absolute Gasteiger partial charge is 0.246 e. The number of aryl methyl sites for hydroxylation is 1. The second kappa shape index (κ2) is 8.31. The van der Waals surface area contributed by atoms with E-state index in [1.165, 1.54) is 11.1 Å². The van der Waals surface area contributed by atoms with Crippen molar-refractivity contribution < 1.29 is 4.79 Å². The highest BCUT2D eigenvalue weighted by Gasteiger charge is 2.20. The molecule has 0 spiro atoms. The van der Waals surface area contributed by atoms with Crippen molar-refractivity contribution in [1.82, 2.24) is 4.90 Å². The van der Waals surface area contributed by atoms with Crippen LogP contribution in [0, 0.1) is 0 Å². The molecule has 4 N–H and O–H groups in total. The lowest BCUT2D eigenvalue weighted by atomic mass is 10.0. The van der Waals surface area contributed by atoms with E-state index >= 15 is 0 Å². The summed E-state index contributed by atoms with van der Waals surface area (Å²) in [6.45, 7) is 4.64. The SMILES string of the molecule is C=N/N=C(\N)c1ccc(N)c(CC/C=C/C(=O)N2Cc3ccccc3C2)c1. The minimum atomic E-state index is 0.0290. The van der Waals surface area contributed by atoms with Crippen LogP contribution in [0.1, 0.15) is 28.7 Å². The van der Waals surface area contributed by atoms with Gasteiger partial charge in [-0.2, -0.15) is 5.10 Å². The first-order chi connectivity index (χ1) is 13.1. The zero-order chi connectivity index (χ0) is 19.2. The Balaban J connectivity index is 1.57. The molecule has 0 saturated carbocycles. The summed E-state index contributed by atoms with van der Waals surface area (Å²) in [4.78, 5) is 14.2. The summed E-state index contributed by atoms with van der Waals surface area (Å²) in [5.41, 5.74) is 16.7. The first-order valence-corrected chi connectivity index (χ1v) is 8.78. The van der Waals surface area contributed by atoms with Crippen LogP contribution in [0.25, 0.3) is 0 Å². The molecule has 0 atom stereocenters. The van der Waals surface area contributed by atoms with E-state index in [1.807, 2.05) is 29.2 Å². The van der Waals surface area contributed by atoms with E-state index in [2.05, 4.69) is 29.1 Å². The number of anilines is 1. The maximum atomic E-state index is 12.4. The number of rotatable bonds is 6. The van der Waals surface area contributed by atoms with Gasteiger partial charge in [-0.25, -0.2) is 0 Å². The molecule has 1 heterocycles. The normalized spacial score (nSPS) is 13.8. The molecular formula is C21H23N5O. The van der Waals surface area contributed by atoms with Gasteiger partial charge in [0.2, 0.25) is 5.91 Å². The minimum absolute atomic E-state index is 0.0290. The Bertz CT molecular complexity index is 892. The molecule has 1 amide bonds. The lowest BCUT2D eigenvalue weighted by molar-refractivity contribution is -0.126. The van der Waals surface area contributed by atoms with E-state index in [9.17, 15) is 4.79 Å². The van der Waals surface area contributed by atoms with Gasteiger partial charge in [0, 0.05) is 31.1 Å². The Kier molecular flexibility index (Phi) is 5.66. The van der Waals surface area contributed by atoms with Crippen LogP contribution in [0.15, 0.2) is 64.8 Å². The zero-order valence-electron chi connectivity index (χ0n) is 15.1. The van der Waals surface area contributed by atoms with Gasteiger partial charge in [0.1, 0.15) is 0 Å². The number of fused-ring (bicyclic) bond motifs is 1. The van der Waals surface area contributed by atoms with E-state index in [0.29, 0.717) is 37.5 Å². The summed E-state index contributed by atoms with van der Waals surface area (Å²) in [5.74, 6) is 0.326. The molecule has 0 bridgehead atoms. The third-order valence-corrected chi connectivity index (χ3v) is 4.61. The fraction of sp³-hybridized carbons (Fsp3) is 0.190. The molecule has 138 valence electrons. The van der Waals surface area contributed by atoms with Crippen LogP contribution >= 0.6 is 0 Å². The first-order valence-electron chi connectivity index (χ1n) is 8.78. The Morgan fingerprint density at radius 3 is 2.56 bits per heavy atom. The molecule has 6 nitrogen and oxygen atoms in total. The number of carbonyl (C=O) groups is 1. The number of amides is 1. The maximum absolute atomic E-state index is 12.4. The van der Waals surface area contributed by atoms with E-state index < -0.39 is 0 Å². The van der Waals surface area contributed by atoms with Crippen LogP contribution in [0.5, 0.6) is 0 Å². The lowest BCUT2D eigenvalue weighted by Crippen LogP contribution is -2.23. The van der Waals surface area contributed by atoms with E-state index in [0.717, 1.165) is 11.1 Å². The molecule has 0 fully saturated rings. The van der Waals surface area contributed by atoms with E-state index in [4.69, 9.17) is 11.5 Å². The summed E-state index contributed by atoms with van der Waals surface area (Å²) in [6.07, 6.45) is 4.94. The molecule has 27 heavy (non-hydrogen) atoms. The fourth-order valence-electron chi connectivity index (χ4n) is 3.13. The Hall–Kier alpha value is -3.41. The quantitative estimate of drug-likeness (QED) is 0.272. The van der Waals surface area contributed by atoms with Crippen molar-refractivity contribution in [1.29, 1.82) is 0 Å². The van der Waals surface area contributed by atoms with Crippen molar-refractivity contribution in [3.05, 3.63) is 76.9 Å². The van der Waals surface area contributed by atoms with Crippen LogP contribution in [0.4, 0.5) is 5.69 Å². The van der Waals surface area contributed by atoms with Gasteiger partial charge in [0.25, 0.3) is 0 Å².